The fourth-order valence-corrected chi connectivity index (χ4v) is 1.47. The van der Waals surface area contributed by atoms with E-state index in [9.17, 15) is 4.79 Å². The molecule has 0 bridgehead atoms. The molecule has 0 aromatic rings. The predicted octanol–water partition coefficient (Wildman–Crippen LogP) is 2.77. The third-order valence-electron chi connectivity index (χ3n) is 2.32. The van der Waals surface area contributed by atoms with Crippen LogP contribution in [0.15, 0.2) is 0 Å². The van der Waals surface area contributed by atoms with Crippen LogP contribution >= 0.6 is 11.6 Å². The van der Waals surface area contributed by atoms with Crippen LogP contribution in [0.25, 0.3) is 0 Å². The lowest BCUT2D eigenvalue weighted by atomic mass is 10.2. The Balaban J connectivity index is 3.10. The molecule has 0 aromatic carbocycles. The standard InChI is InChI=1S/C13H25ClO4/c1-2-3-4-5-6-13(15)18-12-11-17-10-9-16-8-7-14/h2-12H2,1H3. The van der Waals surface area contributed by atoms with Crippen molar-refractivity contribution in [3.05, 3.63) is 0 Å². The zero-order chi connectivity index (χ0) is 13.5. The van der Waals surface area contributed by atoms with Crippen LogP contribution in [0.4, 0.5) is 0 Å². The van der Waals surface area contributed by atoms with Gasteiger partial charge in [-0.25, -0.2) is 0 Å². The number of carbonyl (C=O) groups is 1. The van der Waals surface area contributed by atoms with E-state index in [0.717, 1.165) is 12.8 Å². The zero-order valence-corrected chi connectivity index (χ0v) is 12.0. The number of carbonyl (C=O) groups excluding carboxylic acids is 1. The van der Waals surface area contributed by atoms with Crippen molar-refractivity contribution in [1.29, 1.82) is 0 Å². The molecule has 0 amide bonds. The van der Waals surface area contributed by atoms with Gasteiger partial charge in [0.2, 0.25) is 0 Å². The van der Waals surface area contributed by atoms with Crippen LogP contribution in [-0.2, 0) is 19.0 Å². The molecular weight excluding hydrogens is 256 g/mol. The molecule has 0 heterocycles. The number of ether oxygens (including phenoxy) is 3. The molecule has 0 atom stereocenters. The van der Waals surface area contributed by atoms with Gasteiger partial charge in [-0.15, -0.1) is 11.6 Å². The highest BCUT2D eigenvalue weighted by Gasteiger charge is 2.01. The van der Waals surface area contributed by atoms with E-state index in [1.54, 1.807) is 0 Å². The summed E-state index contributed by atoms with van der Waals surface area (Å²) < 4.78 is 15.4. The van der Waals surface area contributed by atoms with E-state index < -0.39 is 0 Å². The Labute approximate surface area is 115 Å². The molecule has 5 heteroatoms. The van der Waals surface area contributed by atoms with E-state index in [2.05, 4.69) is 6.92 Å². The van der Waals surface area contributed by atoms with Gasteiger partial charge in [-0.3, -0.25) is 4.79 Å². The molecule has 0 aliphatic heterocycles. The lowest BCUT2D eigenvalue weighted by Gasteiger charge is -2.06. The first-order valence-corrected chi connectivity index (χ1v) is 7.21. The van der Waals surface area contributed by atoms with Gasteiger partial charge in [-0.1, -0.05) is 26.2 Å². The number of hydrogen-bond acceptors (Lipinski definition) is 4. The second-order valence-corrected chi connectivity index (χ2v) is 4.32. The molecule has 0 rings (SSSR count). The lowest BCUT2D eigenvalue weighted by molar-refractivity contribution is -0.145. The first-order chi connectivity index (χ1) is 8.81. The molecule has 0 aliphatic carbocycles. The molecule has 108 valence electrons. The van der Waals surface area contributed by atoms with Gasteiger partial charge >= 0.3 is 5.97 Å². The molecule has 0 aliphatic rings. The molecule has 18 heavy (non-hydrogen) atoms. The molecule has 0 unspecified atom stereocenters. The summed E-state index contributed by atoms with van der Waals surface area (Å²) in [6.45, 7) is 4.46. The summed E-state index contributed by atoms with van der Waals surface area (Å²) in [5.74, 6) is 0.364. The van der Waals surface area contributed by atoms with Gasteiger partial charge in [0.25, 0.3) is 0 Å². The maximum atomic E-state index is 11.3. The molecule has 0 saturated carbocycles. The quantitative estimate of drug-likeness (QED) is 0.296. The molecule has 0 aromatic heterocycles. The molecule has 0 N–H and O–H groups in total. The zero-order valence-electron chi connectivity index (χ0n) is 11.3. The Kier molecular flexibility index (Phi) is 14.5. The van der Waals surface area contributed by atoms with Gasteiger partial charge in [0.15, 0.2) is 0 Å². The number of halogens is 1. The average Bonchev–Trinajstić information content (AvgIpc) is 2.38. The molecule has 0 radical (unpaired) electrons. The summed E-state index contributed by atoms with van der Waals surface area (Å²) in [7, 11) is 0. The summed E-state index contributed by atoms with van der Waals surface area (Å²) >= 11 is 5.44. The van der Waals surface area contributed by atoms with E-state index in [1.165, 1.54) is 12.8 Å². The minimum Gasteiger partial charge on any atom is -0.463 e. The highest BCUT2D eigenvalue weighted by molar-refractivity contribution is 6.17. The highest BCUT2D eigenvalue weighted by Crippen LogP contribution is 2.03. The monoisotopic (exact) mass is 280 g/mol. The van der Waals surface area contributed by atoms with Gasteiger partial charge < -0.3 is 14.2 Å². The van der Waals surface area contributed by atoms with Gasteiger partial charge in [0.05, 0.1) is 26.4 Å². The molecule has 0 fully saturated rings. The van der Waals surface area contributed by atoms with Crippen LogP contribution in [-0.4, -0.2) is 44.9 Å². The van der Waals surface area contributed by atoms with Crippen molar-refractivity contribution in [2.24, 2.45) is 0 Å². The van der Waals surface area contributed by atoms with Crippen LogP contribution in [0.3, 0.4) is 0 Å². The van der Waals surface area contributed by atoms with Crippen molar-refractivity contribution in [2.75, 3.05) is 38.9 Å². The number of hydrogen-bond donors (Lipinski definition) is 0. The predicted molar refractivity (Wildman–Crippen MR) is 72.1 cm³/mol. The summed E-state index contributed by atoms with van der Waals surface area (Å²) in [5, 5.41) is 0. The SMILES string of the molecule is CCCCCCC(=O)OCCOCCOCCCl. The fraction of sp³-hybridized carbons (Fsp3) is 0.923. The van der Waals surface area contributed by atoms with Gasteiger partial charge in [-0.05, 0) is 6.42 Å². The topological polar surface area (TPSA) is 44.8 Å². The van der Waals surface area contributed by atoms with E-state index in [4.69, 9.17) is 25.8 Å². The van der Waals surface area contributed by atoms with Crippen LogP contribution < -0.4 is 0 Å². The summed E-state index contributed by atoms with van der Waals surface area (Å²) in [5.41, 5.74) is 0. The number of esters is 1. The van der Waals surface area contributed by atoms with Crippen LogP contribution in [0.2, 0.25) is 0 Å². The minimum absolute atomic E-state index is 0.131. The van der Waals surface area contributed by atoms with Crippen molar-refractivity contribution >= 4 is 17.6 Å². The fourth-order valence-electron chi connectivity index (χ4n) is 1.36. The summed E-state index contributed by atoms with van der Waals surface area (Å²) in [4.78, 5) is 11.3. The largest absolute Gasteiger partial charge is 0.463 e. The maximum absolute atomic E-state index is 11.3. The van der Waals surface area contributed by atoms with E-state index >= 15 is 0 Å². The van der Waals surface area contributed by atoms with Crippen molar-refractivity contribution in [1.82, 2.24) is 0 Å². The first-order valence-electron chi connectivity index (χ1n) is 6.68. The van der Waals surface area contributed by atoms with E-state index in [1.807, 2.05) is 0 Å². The first kappa shape index (κ1) is 17.7. The van der Waals surface area contributed by atoms with Crippen molar-refractivity contribution in [3.8, 4) is 0 Å². The average molecular weight is 281 g/mol. The second-order valence-electron chi connectivity index (χ2n) is 3.94. The van der Waals surface area contributed by atoms with Crippen molar-refractivity contribution in [3.63, 3.8) is 0 Å². The molecule has 4 nitrogen and oxygen atoms in total. The number of rotatable bonds is 13. The normalized spacial score (nSPS) is 10.6. The molecular formula is C13H25ClO4. The van der Waals surface area contributed by atoms with E-state index in [-0.39, 0.29) is 5.97 Å². The smallest absolute Gasteiger partial charge is 0.305 e. The van der Waals surface area contributed by atoms with Crippen molar-refractivity contribution < 1.29 is 19.0 Å². The van der Waals surface area contributed by atoms with Gasteiger partial charge in [0.1, 0.15) is 6.61 Å². The summed E-state index contributed by atoms with van der Waals surface area (Å²) in [6, 6.07) is 0. The Bertz CT molecular complexity index is 188. The number of unbranched alkanes of at least 4 members (excludes halogenated alkanes) is 3. The Hall–Kier alpha value is -0.320. The van der Waals surface area contributed by atoms with Crippen molar-refractivity contribution in [2.45, 2.75) is 39.0 Å². The third-order valence-corrected chi connectivity index (χ3v) is 2.47. The Morgan fingerprint density at radius 2 is 1.61 bits per heavy atom. The third kappa shape index (κ3) is 13.7. The minimum atomic E-state index is -0.131. The van der Waals surface area contributed by atoms with Crippen LogP contribution in [0, 0.1) is 0 Å². The van der Waals surface area contributed by atoms with E-state index in [0.29, 0.717) is 45.3 Å². The van der Waals surface area contributed by atoms with Gasteiger partial charge in [0, 0.05) is 12.3 Å². The van der Waals surface area contributed by atoms with Gasteiger partial charge in [-0.2, -0.15) is 0 Å². The maximum Gasteiger partial charge on any atom is 0.305 e. The lowest BCUT2D eigenvalue weighted by Crippen LogP contribution is -2.13. The summed E-state index contributed by atoms with van der Waals surface area (Å²) in [6.07, 6.45) is 4.88. The highest BCUT2D eigenvalue weighted by atomic mass is 35.5. The number of alkyl halides is 1. The molecule has 0 saturated heterocycles. The molecule has 0 spiro atoms. The van der Waals surface area contributed by atoms with Crippen LogP contribution in [0.1, 0.15) is 39.0 Å². The van der Waals surface area contributed by atoms with Crippen LogP contribution in [0.5, 0.6) is 0 Å². The Morgan fingerprint density at radius 3 is 2.28 bits per heavy atom. The second kappa shape index (κ2) is 14.7. The Morgan fingerprint density at radius 1 is 0.944 bits per heavy atom.